The first kappa shape index (κ1) is 17.6. The Bertz CT molecular complexity index is 431. The molecule has 21 heavy (non-hydrogen) atoms. The minimum atomic E-state index is -4.37. The van der Waals surface area contributed by atoms with Crippen LogP contribution in [0.3, 0.4) is 0 Å². The average Bonchev–Trinajstić information content (AvgIpc) is 2.46. The molecule has 1 aromatic rings. The van der Waals surface area contributed by atoms with Crippen molar-refractivity contribution < 1.29 is 13.2 Å². The van der Waals surface area contributed by atoms with Crippen molar-refractivity contribution in [3.8, 4) is 0 Å². The molecule has 0 saturated carbocycles. The summed E-state index contributed by atoms with van der Waals surface area (Å²) in [6, 6.07) is 2.04. The molecule has 0 spiro atoms. The smallest absolute Gasteiger partial charge is 0.373 e. The average molecular weight is 304 g/mol. The van der Waals surface area contributed by atoms with Crippen LogP contribution in [0, 0.1) is 0 Å². The lowest BCUT2D eigenvalue weighted by molar-refractivity contribution is -0.137. The number of hydrogen-bond acceptors (Lipinski definition) is 4. The van der Waals surface area contributed by atoms with Gasteiger partial charge in [0.15, 0.2) is 0 Å². The van der Waals surface area contributed by atoms with Crippen LogP contribution >= 0.6 is 0 Å². The first-order valence-electron chi connectivity index (χ1n) is 7.14. The van der Waals surface area contributed by atoms with E-state index >= 15 is 0 Å². The third kappa shape index (κ3) is 5.79. The normalized spacial score (nSPS) is 11.8. The highest BCUT2D eigenvalue weighted by molar-refractivity contribution is 5.49. The molecule has 0 unspecified atom stereocenters. The predicted octanol–water partition coefficient (Wildman–Crippen LogP) is 3.29. The predicted molar refractivity (Wildman–Crippen MR) is 79.7 cm³/mol. The molecule has 0 aliphatic rings. The molecule has 4 nitrogen and oxygen atoms in total. The van der Waals surface area contributed by atoms with Crippen molar-refractivity contribution in [3.05, 3.63) is 17.7 Å². The molecule has 0 saturated heterocycles. The molecule has 1 heterocycles. The summed E-state index contributed by atoms with van der Waals surface area (Å²) in [5, 5.41) is 5.61. The number of rotatable bonds is 8. The number of nitrogens with zero attached hydrogens (tertiary/aromatic N) is 2. The fourth-order valence-corrected chi connectivity index (χ4v) is 1.97. The van der Waals surface area contributed by atoms with Gasteiger partial charge in [-0.3, -0.25) is 0 Å². The fraction of sp³-hybridized carbons (Fsp3) is 0.643. The molecule has 0 amide bonds. The summed E-state index contributed by atoms with van der Waals surface area (Å²) in [4.78, 5) is 6.35. The highest BCUT2D eigenvalue weighted by Gasteiger charge is 2.31. The minimum Gasteiger partial charge on any atom is -0.373 e. The summed E-state index contributed by atoms with van der Waals surface area (Å²) in [5.41, 5.74) is -0.701. The Labute approximate surface area is 123 Å². The number of hydrogen-bond donors (Lipinski definition) is 2. The number of aromatic nitrogens is 1. The highest BCUT2D eigenvalue weighted by Crippen LogP contribution is 2.31. The third-order valence-corrected chi connectivity index (χ3v) is 3.26. The molecule has 0 aromatic carbocycles. The SMILES string of the molecule is CCN(CC)CCCNc1cc(C(F)(F)F)cc(NC)n1. The molecule has 1 aromatic heterocycles. The van der Waals surface area contributed by atoms with E-state index in [-0.39, 0.29) is 11.6 Å². The zero-order valence-electron chi connectivity index (χ0n) is 12.7. The third-order valence-electron chi connectivity index (χ3n) is 3.26. The van der Waals surface area contributed by atoms with E-state index in [1.54, 1.807) is 7.05 Å². The van der Waals surface area contributed by atoms with E-state index < -0.39 is 11.7 Å². The molecule has 7 heteroatoms. The van der Waals surface area contributed by atoms with Crippen molar-refractivity contribution >= 4 is 11.6 Å². The van der Waals surface area contributed by atoms with Gasteiger partial charge in [-0.2, -0.15) is 13.2 Å². The standard InChI is InChI=1S/C14H23F3N4/c1-4-21(5-2)8-6-7-19-13-10-11(14(15,16)17)9-12(18-3)20-13/h9-10H,4-8H2,1-3H3,(H2,18,19,20). The van der Waals surface area contributed by atoms with Crippen molar-refractivity contribution in [2.24, 2.45) is 0 Å². The van der Waals surface area contributed by atoms with E-state index in [0.29, 0.717) is 6.54 Å². The van der Waals surface area contributed by atoms with Crippen molar-refractivity contribution in [1.82, 2.24) is 9.88 Å². The molecule has 120 valence electrons. The maximum absolute atomic E-state index is 12.8. The largest absolute Gasteiger partial charge is 0.416 e. The van der Waals surface area contributed by atoms with Crippen molar-refractivity contribution in [3.63, 3.8) is 0 Å². The van der Waals surface area contributed by atoms with Crippen LogP contribution in [-0.2, 0) is 6.18 Å². The summed E-state index contributed by atoms with van der Waals surface area (Å²) >= 11 is 0. The molecule has 2 N–H and O–H groups in total. The Kier molecular flexibility index (Phi) is 6.74. The van der Waals surface area contributed by atoms with Gasteiger partial charge in [-0.25, -0.2) is 4.98 Å². The lowest BCUT2D eigenvalue weighted by atomic mass is 10.2. The van der Waals surface area contributed by atoms with E-state index in [1.807, 2.05) is 0 Å². The molecule has 1 rings (SSSR count). The van der Waals surface area contributed by atoms with Crippen molar-refractivity contribution in [1.29, 1.82) is 0 Å². The van der Waals surface area contributed by atoms with Gasteiger partial charge in [-0.05, 0) is 38.2 Å². The molecule has 0 aliphatic heterocycles. The van der Waals surface area contributed by atoms with Crippen LogP contribution in [0.2, 0.25) is 0 Å². The zero-order valence-corrected chi connectivity index (χ0v) is 12.7. The van der Waals surface area contributed by atoms with Crippen LogP contribution in [-0.4, -0.2) is 43.1 Å². The number of alkyl halides is 3. The van der Waals surface area contributed by atoms with E-state index in [2.05, 4.69) is 34.4 Å². The Hall–Kier alpha value is -1.50. The minimum absolute atomic E-state index is 0.205. The van der Waals surface area contributed by atoms with Crippen LogP contribution < -0.4 is 10.6 Å². The van der Waals surface area contributed by atoms with Gasteiger partial charge in [0.2, 0.25) is 0 Å². The zero-order chi connectivity index (χ0) is 15.9. The van der Waals surface area contributed by atoms with Gasteiger partial charge >= 0.3 is 6.18 Å². The van der Waals surface area contributed by atoms with Crippen LogP contribution in [0.1, 0.15) is 25.8 Å². The lowest BCUT2D eigenvalue weighted by Crippen LogP contribution is -2.25. The van der Waals surface area contributed by atoms with Gasteiger partial charge in [-0.1, -0.05) is 13.8 Å². The summed E-state index contributed by atoms with van der Waals surface area (Å²) in [5.74, 6) is 0.449. The van der Waals surface area contributed by atoms with Gasteiger partial charge in [0.1, 0.15) is 11.6 Å². The number of halogens is 3. The molecule has 0 fully saturated rings. The van der Waals surface area contributed by atoms with Crippen molar-refractivity contribution in [2.45, 2.75) is 26.4 Å². The Morgan fingerprint density at radius 3 is 2.29 bits per heavy atom. The van der Waals surface area contributed by atoms with Gasteiger partial charge < -0.3 is 15.5 Å². The highest BCUT2D eigenvalue weighted by atomic mass is 19.4. The number of nitrogens with one attached hydrogen (secondary N) is 2. The Morgan fingerprint density at radius 2 is 1.76 bits per heavy atom. The molecule has 0 atom stereocenters. The van der Waals surface area contributed by atoms with Gasteiger partial charge in [-0.15, -0.1) is 0 Å². The second-order valence-electron chi connectivity index (χ2n) is 4.68. The Balaban J connectivity index is 2.62. The van der Waals surface area contributed by atoms with Crippen LogP contribution in [0.25, 0.3) is 0 Å². The summed E-state index contributed by atoms with van der Waals surface area (Å²) in [6.07, 6.45) is -3.51. The summed E-state index contributed by atoms with van der Waals surface area (Å²) in [6.45, 7) is 7.63. The second-order valence-corrected chi connectivity index (χ2v) is 4.68. The number of pyridine rings is 1. The maximum Gasteiger partial charge on any atom is 0.416 e. The van der Waals surface area contributed by atoms with Crippen LogP contribution in [0.4, 0.5) is 24.8 Å². The number of anilines is 2. The van der Waals surface area contributed by atoms with Gasteiger partial charge in [0, 0.05) is 13.6 Å². The van der Waals surface area contributed by atoms with Crippen molar-refractivity contribution in [2.75, 3.05) is 43.9 Å². The molecule has 0 bridgehead atoms. The second kappa shape index (κ2) is 8.07. The van der Waals surface area contributed by atoms with Crippen LogP contribution in [0.5, 0.6) is 0 Å². The van der Waals surface area contributed by atoms with Gasteiger partial charge in [0.05, 0.1) is 5.56 Å². The molecular formula is C14H23F3N4. The summed E-state index contributed by atoms with van der Waals surface area (Å²) < 4.78 is 38.3. The van der Waals surface area contributed by atoms with E-state index in [9.17, 15) is 13.2 Å². The van der Waals surface area contributed by atoms with Crippen LogP contribution in [0.15, 0.2) is 12.1 Å². The first-order chi connectivity index (χ1) is 9.90. The molecule has 0 radical (unpaired) electrons. The van der Waals surface area contributed by atoms with Gasteiger partial charge in [0.25, 0.3) is 0 Å². The van der Waals surface area contributed by atoms with E-state index in [0.717, 1.165) is 38.2 Å². The summed E-state index contributed by atoms with van der Waals surface area (Å²) in [7, 11) is 1.55. The quantitative estimate of drug-likeness (QED) is 0.723. The van der Waals surface area contributed by atoms with E-state index in [4.69, 9.17) is 0 Å². The Morgan fingerprint density at radius 1 is 1.14 bits per heavy atom. The lowest BCUT2D eigenvalue weighted by Gasteiger charge is -2.18. The maximum atomic E-state index is 12.8. The molecular weight excluding hydrogens is 281 g/mol. The first-order valence-corrected chi connectivity index (χ1v) is 7.14. The monoisotopic (exact) mass is 304 g/mol. The topological polar surface area (TPSA) is 40.2 Å². The van der Waals surface area contributed by atoms with E-state index in [1.165, 1.54) is 0 Å². The molecule has 0 aliphatic carbocycles. The fourth-order valence-electron chi connectivity index (χ4n) is 1.97.